The molecule has 0 bridgehead atoms. The Balaban J connectivity index is 1.39. The van der Waals surface area contributed by atoms with Crippen molar-refractivity contribution in [1.82, 2.24) is 15.0 Å². The van der Waals surface area contributed by atoms with E-state index in [-0.39, 0.29) is 5.41 Å². The number of anilines is 2. The average molecular weight is 409 g/mol. The molecular formula is C26H24N4O. The molecule has 0 fully saturated rings. The Morgan fingerprint density at radius 1 is 0.871 bits per heavy atom. The minimum absolute atomic E-state index is 0.133. The summed E-state index contributed by atoms with van der Waals surface area (Å²) in [7, 11) is 0. The topological polar surface area (TPSA) is 62.8 Å². The van der Waals surface area contributed by atoms with Gasteiger partial charge in [0.25, 0.3) is 0 Å². The highest BCUT2D eigenvalue weighted by Gasteiger charge is 2.13. The number of nitrogens with one attached hydrogen (secondary N) is 2. The molecule has 2 N–H and O–H groups in total. The molecule has 5 nitrogen and oxygen atoms in total. The molecule has 5 rings (SSSR count). The van der Waals surface area contributed by atoms with Gasteiger partial charge >= 0.3 is 0 Å². The number of benzene rings is 3. The summed E-state index contributed by atoms with van der Waals surface area (Å²) in [6.45, 7) is 6.63. The van der Waals surface area contributed by atoms with Crippen molar-refractivity contribution in [3.05, 3.63) is 84.6 Å². The Bertz CT molecular complexity index is 1360. The van der Waals surface area contributed by atoms with E-state index >= 15 is 0 Å². The van der Waals surface area contributed by atoms with Crippen molar-refractivity contribution in [3.63, 3.8) is 0 Å². The third kappa shape index (κ3) is 3.94. The number of ether oxygens (including phenoxy) is 1. The van der Waals surface area contributed by atoms with Gasteiger partial charge in [0.1, 0.15) is 11.5 Å². The number of aromatic amines is 1. The van der Waals surface area contributed by atoms with Crippen molar-refractivity contribution in [3.8, 4) is 11.5 Å². The molecule has 154 valence electrons. The predicted octanol–water partition coefficient (Wildman–Crippen LogP) is 6.94. The van der Waals surface area contributed by atoms with Crippen LogP contribution in [0, 0.1) is 0 Å². The first-order valence-corrected chi connectivity index (χ1v) is 10.3. The van der Waals surface area contributed by atoms with Crippen LogP contribution in [0.15, 0.2) is 79.0 Å². The van der Waals surface area contributed by atoms with Crippen LogP contribution in [0.1, 0.15) is 26.3 Å². The molecule has 0 radical (unpaired) electrons. The average Bonchev–Trinajstić information content (AvgIpc) is 3.15. The normalized spacial score (nSPS) is 11.7. The van der Waals surface area contributed by atoms with Crippen molar-refractivity contribution in [1.29, 1.82) is 0 Å². The molecule has 0 aliphatic rings. The second kappa shape index (κ2) is 7.43. The second-order valence-corrected chi connectivity index (χ2v) is 8.65. The van der Waals surface area contributed by atoms with Crippen molar-refractivity contribution >= 4 is 33.6 Å². The van der Waals surface area contributed by atoms with E-state index in [4.69, 9.17) is 4.74 Å². The lowest BCUT2D eigenvalue weighted by molar-refractivity contribution is 0.488. The van der Waals surface area contributed by atoms with Gasteiger partial charge in [0.05, 0.1) is 16.6 Å². The number of nitrogens with zero attached hydrogens (tertiary/aromatic N) is 2. The molecule has 0 atom stereocenters. The van der Waals surface area contributed by atoms with Gasteiger partial charge in [-0.3, -0.25) is 4.98 Å². The van der Waals surface area contributed by atoms with Gasteiger partial charge in [0.2, 0.25) is 5.95 Å². The number of rotatable bonds is 4. The molecule has 0 amide bonds. The van der Waals surface area contributed by atoms with E-state index < -0.39 is 0 Å². The Hall–Kier alpha value is -3.86. The monoisotopic (exact) mass is 408 g/mol. The van der Waals surface area contributed by atoms with E-state index in [1.54, 1.807) is 6.20 Å². The van der Waals surface area contributed by atoms with Gasteiger partial charge < -0.3 is 15.0 Å². The Kier molecular flexibility index (Phi) is 4.59. The van der Waals surface area contributed by atoms with E-state index in [0.29, 0.717) is 5.95 Å². The molecule has 0 spiro atoms. The summed E-state index contributed by atoms with van der Waals surface area (Å²) in [4.78, 5) is 12.4. The molecule has 0 saturated carbocycles. The van der Waals surface area contributed by atoms with Gasteiger partial charge in [0.15, 0.2) is 0 Å². The van der Waals surface area contributed by atoms with Crippen LogP contribution in [0.2, 0.25) is 0 Å². The number of aromatic nitrogens is 3. The van der Waals surface area contributed by atoms with E-state index in [9.17, 15) is 0 Å². The van der Waals surface area contributed by atoms with E-state index in [2.05, 4.69) is 65.3 Å². The first kappa shape index (κ1) is 19.1. The van der Waals surface area contributed by atoms with Gasteiger partial charge in [-0.2, -0.15) is 0 Å². The molecular weight excluding hydrogens is 384 g/mol. The van der Waals surface area contributed by atoms with Gasteiger partial charge in [0, 0.05) is 23.3 Å². The number of para-hydroxylation sites is 1. The molecule has 0 aliphatic carbocycles. The molecule has 0 aliphatic heterocycles. The maximum absolute atomic E-state index is 6.16. The lowest BCUT2D eigenvalue weighted by atomic mass is 9.87. The zero-order chi connectivity index (χ0) is 21.4. The lowest BCUT2D eigenvalue weighted by Crippen LogP contribution is -2.10. The highest BCUT2D eigenvalue weighted by atomic mass is 16.5. The second-order valence-electron chi connectivity index (χ2n) is 8.65. The van der Waals surface area contributed by atoms with Crippen molar-refractivity contribution < 1.29 is 4.74 Å². The van der Waals surface area contributed by atoms with Crippen LogP contribution in [0.4, 0.5) is 11.6 Å². The molecule has 5 heteroatoms. The minimum Gasteiger partial charge on any atom is -0.457 e. The number of imidazole rings is 1. The highest BCUT2D eigenvalue weighted by Crippen LogP contribution is 2.31. The quantitative estimate of drug-likeness (QED) is 0.338. The number of H-pyrrole nitrogens is 1. The molecule has 0 unspecified atom stereocenters. The molecule has 5 aromatic rings. The zero-order valence-corrected chi connectivity index (χ0v) is 17.8. The van der Waals surface area contributed by atoms with Crippen LogP contribution in [-0.2, 0) is 5.41 Å². The van der Waals surface area contributed by atoms with E-state index in [1.807, 2.05) is 48.5 Å². The van der Waals surface area contributed by atoms with Gasteiger partial charge in [-0.25, -0.2) is 4.98 Å². The van der Waals surface area contributed by atoms with Crippen LogP contribution >= 0.6 is 0 Å². The number of fused-ring (bicyclic) bond motifs is 2. The third-order valence-corrected chi connectivity index (χ3v) is 5.30. The SMILES string of the molecule is CC(C)(C)c1ccc(Nc2nc3ccc(Oc4ccnc5ccccc45)cc3[nH]2)cc1. The largest absolute Gasteiger partial charge is 0.457 e. The number of hydrogen-bond acceptors (Lipinski definition) is 4. The van der Waals surface area contributed by atoms with Crippen LogP contribution in [0.5, 0.6) is 11.5 Å². The van der Waals surface area contributed by atoms with E-state index in [1.165, 1.54) is 5.56 Å². The fraction of sp³-hybridized carbons (Fsp3) is 0.154. The molecule has 3 aromatic carbocycles. The number of hydrogen-bond donors (Lipinski definition) is 2. The molecule has 0 saturated heterocycles. The van der Waals surface area contributed by atoms with Crippen molar-refractivity contribution in [2.45, 2.75) is 26.2 Å². The first-order valence-electron chi connectivity index (χ1n) is 10.3. The predicted molar refractivity (Wildman–Crippen MR) is 126 cm³/mol. The Morgan fingerprint density at radius 2 is 1.68 bits per heavy atom. The fourth-order valence-electron chi connectivity index (χ4n) is 3.59. The van der Waals surface area contributed by atoms with Gasteiger partial charge in [-0.1, -0.05) is 45.0 Å². The minimum atomic E-state index is 0.133. The lowest BCUT2D eigenvalue weighted by Gasteiger charge is -2.19. The van der Waals surface area contributed by atoms with Gasteiger partial charge in [-0.05, 0) is 53.4 Å². The van der Waals surface area contributed by atoms with Gasteiger partial charge in [-0.15, -0.1) is 0 Å². The summed E-state index contributed by atoms with van der Waals surface area (Å²) < 4.78 is 6.16. The van der Waals surface area contributed by atoms with Crippen molar-refractivity contribution in [2.75, 3.05) is 5.32 Å². The Morgan fingerprint density at radius 3 is 2.48 bits per heavy atom. The summed E-state index contributed by atoms with van der Waals surface area (Å²) in [5.74, 6) is 2.22. The smallest absolute Gasteiger partial charge is 0.205 e. The molecule has 31 heavy (non-hydrogen) atoms. The summed E-state index contributed by atoms with van der Waals surface area (Å²) in [6, 6.07) is 24.1. The van der Waals surface area contributed by atoms with Crippen LogP contribution in [0.25, 0.3) is 21.9 Å². The van der Waals surface area contributed by atoms with E-state index in [0.717, 1.165) is 39.1 Å². The first-order chi connectivity index (χ1) is 15.0. The maximum Gasteiger partial charge on any atom is 0.205 e. The maximum atomic E-state index is 6.16. The van der Waals surface area contributed by atoms with Crippen molar-refractivity contribution in [2.24, 2.45) is 0 Å². The fourth-order valence-corrected chi connectivity index (χ4v) is 3.59. The summed E-state index contributed by atoms with van der Waals surface area (Å²) in [5, 5.41) is 4.33. The Labute approximate surface area is 181 Å². The van der Waals surface area contributed by atoms with Crippen LogP contribution < -0.4 is 10.1 Å². The zero-order valence-electron chi connectivity index (χ0n) is 17.8. The highest BCUT2D eigenvalue weighted by molar-refractivity contribution is 5.85. The molecule has 2 aromatic heterocycles. The molecule has 2 heterocycles. The van der Waals surface area contributed by atoms with Crippen LogP contribution in [-0.4, -0.2) is 15.0 Å². The summed E-state index contributed by atoms with van der Waals surface area (Å²) in [6.07, 6.45) is 1.76. The third-order valence-electron chi connectivity index (χ3n) is 5.30. The summed E-state index contributed by atoms with van der Waals surface area (Å²) in [5.41, 5.74) is 5.12. The van der Waals surface area contributed by atoms with Crippen LogP contribution in [0.3, 0.4) is 0 Å². The number of pyridine rings is 1. The summed E-state index contributed by atoms with van der Waals surface area (Å²) >= 11 is 0. The standard InChI is InChI=1S/C26H24N4O/c1-26(2,3)17-8-10-18(11-9-17)28-25-29-22-13-12-19(16-23(22)30-25)31-24-14-15-27-21-7-5-4-6-20(21)24/h4-16H,1-3H3,(H2,28,29,30).